The monoisotopic (exact) mass is 1030 g/mol. The molecule has 1 saturated heterocycles. The Bertz CT molecular complexity index is 2660. The first-order valence-electron chi connectivity index (χ1n) is 22.8. The third kappa shape index (κ3) is 15.3. The molecule has 5 atom stereocenters. The smallest absolute Gasteiger partial charge is 0.338 e. The van der Waals surface area contributed by atoms with Crippen LogP contribution in [0.5, 0.6) is 23.0 Å². The van der Waals surface area contributed by atoms with Crippen molar-refractivity contribution in [3.8, 4) is 23.0 Å². The highest BCUT2D eigenvalue weighted by atomic mass is 32.2. The SMILES string of the molecule is CNC(=O)[C@H](Cc1ccccc1)NC(=O)[C@H](CC(C)C)[C@H](CSc1cccs1)C(=O)NO.O=C(N[C@@H]1CNCCC[C@H]1OC(=O)c1cc(O)c(C(=O)c2c(O)cccc2C(=O)O)c(O)c1)c1ccc(O)cc1. The second-order valence-corrected chi connectivity index (χ2v) is 19.3. The molecule has 4 amide bonds. The number of aromatic carboxylic acids is 1. The lowest BCUT2D eigenvalue weighted by Gasteiger charge is -2.28. The minimum Gasteiger partial charge on any atom is -0.508 e. The number of rotatable bonds is 19. The molecule has 0 bridgehead atoms. The van der Waals surface area contributed by atoms with Crippen LogP contribution in [0.15, 0.2) is 107 Å². The minimum atomic E-state index is -1.51. The standard InChI is InChI=1S/C28H26N2O10.C23H31N3O4S2/c31-16-8-6-14(7-9-16)26(36)30-18-13-29-10-2-5-22(18)40-28(39)15-11-20(33)24(21(34)12-15)25(35)23-17(27(37)38)3-1-4-19(23)32;1-15(2)12-17(18(22(28)26-30)14-32-20-10-7-11-31-20)21(27)25-19(23(29)24-3)13-16-8-5-4-6-9-16/h1,3-4,6-9,11-12,18,22,29,31-34H,2,5,10,13H2,(H,30,36)(H,37,38);4-11,15,17-19,30H,12-14H2,1-3H3,(H,24,29)(H,25,27)(H,26,28)/t18-,22-;17-,18+,19+/m11/s1. The summed E-state index contributed by atoms with van der Waals surface area (Å²) >= 11 is 3.02. The Hall–Kier alpha value is -7.46. The predicted molar refractivity (Wildman–Crippen MR) is 266 cm³/mol. The quantitative estimate of drug-likeness (QED) is 0.0166. The molecular weight excluding hydrogens is 971 g/mol. The number of amides is 4. The number of phenolic OH excluding ortho intramolecular Hbond substituents is 4. The Morgan fingerprint density at radius 3 is 2.10 bits per heavy atom. The van der Waals surface area contributed by atoms with Gasteiger partial charge in [0, 0.05) is 31.3 Å². The lowest BCUT2D eigenvalue weighted by Crippen LogP contribution is -2.51. The number of carboxylic acids is 1. The number of carbonyl (C=O) groups excluding carboxylic acids is 6. The van der Waals surface area contributed by atoms with Crippen molar-refractivity contribution >= 4 is 64.4 Å². The van der Waals surface area contributed by atoms with Crippen molar-refractivity contribution in [3.05, 3.63) is 136 Å². The number of benzene rings is 4. The fourth-order valence-corrected chi connectivity index (χ4v) is 9.86. The van der Waals surface area contributed by atoms with Gasteiger partial charge in [0.2, 0.25) is 23.5 Å². The number of ether oxygens (including phenoxy) is 1. The number of ketones is 1. The molecule has 1 aliphatic heterocycles. The number of esters is 1. The van der Waals surface area contributed by atoms with Crippen molar-refractivity contribution in [2.45, 2.75) is 61.9 Å². The molecule has 0 saturated carbocycles. The fourth-order valence-electron chi connectivity index (χ4n) is 7.87. The van der Waals surface area contributed by atoms with Gasteiger partial charge in [-0.05, 0) is 97.3 Å². The number of aromatic hydroxyl groups is 4. The molecule has 1 fully saturated rings. The van der Waals surface area contributed by atoms with Crippen molar-refractivity contribution < 1.29 is 69.0 Å². The normalized spacial score (nSPS) is 15.5. The summed E-state index contributed by atoms with van der Waals surface area (Å²) in [5, 5.41) is 72.7. The van der Waals surface area contributed by atoms with E-state index in [1.54, 1.807) is 16.8 Å². The molecule has 382 valence electrons. The third-order valence-electron chi connectivity index (χ3n) is 11.5. The molecule has 72 heavy (non-hydrogen) atoms. The van der Waals surface area contributed by atoms with Gasteiger partial charge < -0.3 is 51.5 Å². The summed E-state index contributed by atoms with van der Waals surface area (Å²) in [7, 11) is 1.53. The van der Waals surface area contributed by atoms with Crippen LogP contribution in [-0.4, -0.2) is 116 Å². The summed E-state index contributed by atoms with van der Waals surface area (Å²) in [5.74, 6) is -8.68. The van der Waals surface area contributed by atoms with Crippen molar-refractivity contribution in [3.63, 3.8) is 0 Å². The average Bonchev–Trinajstić information content (AvgIpc) is 3.79. The van der Waals surface area contributed by atoms with Gasteiger partial charge in [-0.15, -0.1) is 23.1 Å². The molecule has 21 heteroatoms. The Labute approximate surface area is 423 Å². The third-order valence-corrected chi connectivity index (χ3v) is 13.7. The molecule has 4 aromatic carbocycles. The average molecular weight is 1030 g/mol. The maximum Gasteiger partial charge on any atom is 0.338 e. The van der Waals surface area contributed by atoms with Gasteiger partial charge >= 0.3 is 11.9 Å². The number of hydrogen-bond donors (Lipinski definition) is 11. The van der Waals surface area contributed by atoms with Gasteiger partial charge in [-0.25, -0.2) is 15.1 Å². The van der Waals surface area contributed by atoms with E-state index in [2.05, 4.69) is 21.3 Å². The number of carbonyl (C=O) groups is 7. The lowest BCUT2D eigenvalue weighted by atomic mass is 9.84. The van der Waals surface area contributed by atoms with Crippen LogP contribution in [0.2, 0.25) is 0 Å². The van der Waals surface area contributed by atoms with Gasteiger partial charge in [0.15, 0.2) is 0 Å². The number of likely N-dealkylation sites (N-methyl/N-ethyl adjacent to an activating group) is 1. The van der Waals surface area contributed by atoms with Gasteiger partial charge in [-0.2, -0.15) is 0 Å². The van der Waals surface area contributed by atoms with E-state index >= 15 is 0 Å². The first kappa shape index (κ1) is 55.5. The molecule has 11 N–H and O–H groups in total. The van der Waals surface area contributed by atoms with E-state index in [-0.39, 0.29) is 41.2 Å². The molecule has 6 rings (SSSR count). The summed E-state index contributed by atoms with van der Waals surface area (Å²) in [6, 6.07) is 22.7. The van der Waals surface area contributed by atoms with Gasteiger partial charge in [0.05, 0.1) is 38.8 Å². The van der Waals surface area contributed by atoms with E-state index < -0.39 is 93.5 Å². The van der Waals surface area contributed by atoms with Crippen LogP contribution in [0.1, 0.15) is 85.7 Å². The Kier molecular flexibility index (Phi) is 20.5. The highest BCUT2D eigenvalue weighted by molar-refractivity contribution is 8.01. The summed E-state index contributed by atoms with van der Waals surface area (Å²) in [4.78, 5) is 88.7. The highest BCUT2D eigenvalue weighted by Gasteiger charge is 2.37. The van der Waals surface area contributed by atoms with E-state index in [0.717, 1.165) is 34.0 Å². The summed E-state index contributed by atoms with van der Waals surface area (Å²) < 4.78 is 6.66. The number of thiophene rings is 1. The minimum absolute atomic E-state index is 0.00149. The van der Waals surface area contributed by atoms with Crippen LogP contribution in [0.4, 0.5) is 0 Å². The topological polar surface area (TPSA) is 310 Å². The predicted octanol–water partition coefficient (Wildman–Crippen LogP) is 5.24. The highest BCUT2D eigenvalue weighted by Crippen LogP contribution is 2.35. The molecule has 0 spiro atoms. The first-order valence-corrected chi connectivity index (χ1v) is 24.6. The number of carboxylic acid groups (broad SMARTS) is 1. The molecular formula is C51H57N5O14S2. The molecule has 5 aromatic rings. The molecule has 0 unspecified atom stereocenters. The van der Waals surface area contributed by atoms with E-state index in [0.29, 0.717) is 38.0 Å². The number of nitrogens with one attached hydrogen (secondary N) is 5. The van der Waals surface area contributed by atoms with E-state index in [1.807, 2.05) is 61.7 Å². The van der Waals surface area contributed by atoms with Crippen molar-refractivity contribution in [2.24, 2.45) is 17.8 Å². The molecule has 1 aliphatic rings. The van der Waals surface area contributed by atoms with Crippen LogP contribution >= 0.6 is 23.1 Å². The summed E-state index contributed by atoms with van der Waals surface area (Å²) in [6.45, 7) is 4.85. The molecule has 0 aliphatic carbocycles. The Morgan fingerprint density at radius 2 is 1.49 bits per heavy atom. The van der Waals surface area contributed by atoms with E-state index in [9.17, 15) is 64.3 Å². The molecule has 2 heterocycles. The van der Waals surface area contributed by atoms with Crippen LogP contribution in [0, 0.1) is 17.8 Å². The van der Waals surface area contributed by atoms with Crippen molar-refractivity contribution in [2.75, 3.05) is 25.9 Å². The molecule has 0 radical (unpaired) electrons. The number of thioether (sulfide) groups is 1. The first-order chi connectivity index (χ1) is 34.4. The molecule has 1 aromatic heterocycles. The zero-order valence-corrected chi connectivity index (χ0v) is 41.1. The number of hydrogen-bond acceptors (Lipinski definition) is 16. The second kappa shape index (κ2) is 26.7. The fraction of sp³-hybridized carbons (Fsp3) is 0.314. The van der Waals surface area contributed by atoms with Gasteiger partial charge in [-0.3, -0.25) is 29.2 Å². The van der Waals surface area contributed by atoms with Gasteiger partial charge in [0.1, 0.15) is 40.7 Å². The van der Waals surface area contributed by atoms with Crippen LogP contribution in [0.3, 0.4) is 0 Å². The van der Waals surface area contributed by atoms with E-state index in [4.69, 9.17) is 4.74 Å². The number of hydroxylamine groups is 1. The Balaban J connectivity index is 0.000000275. The van der Waals surface area contributed by atoms with Crippen LogP contribution < -0.4 is 26.7 Å². The lowest BCUT2D eigenvalue weighted by molar-refractivity contribution is -0.140. The van der Waals surface area contributed by atoms with Crippen LogP contribution in [-0.2, 0) is 25.5 Å². The van der Waals surface area contributed by atoms with Gasteiger partial charge in [-0.1, -0.05) is 56.3 Å². The summed E-state index contributed by atoms with van der Waals surface area (Å²) in [5.41, 5.74) is 0.725. The number of phenols is 4. The maximum absolute atomic E-state index is 13.4. The molecule has 19 nitrogen and oxygen atoms in total. The van der Waals surface area contributed by atoms with Crippen LogP contribution in [0.25, 0.3) is 0 Å². The zero-order chi connectivity index (χ0) is 52.5. The van der Waals surface area contributed by atoms with Gasteiger partial charge in [0.25, 0.3) is 5.91 Å². The van der Waals surface area contributed by atoms with E-state index in [1.165, 1.54) is 49.1 Å². The maximum atomic E-state index is 13.4. The zero-order valence-electron chi connectivity index (χ0n) is 39.5. The summed E-state index contributed by atoms with van der Waals surface area (Å²) in [6.07, 6.45) is 1.01. The Morgan fingerprint density at radius 1 is 0.792 bits per heavy atom. The largest absolute Gasteiger partial charge is 0.508 e. The van der Waals surface area contributed by atoms with Crippen molar-refractivity contribution in [1.82, 2.24) is 26.7 Å². The second-order valence-electron chi connectivity index (χ2n) is 17.1. The van der Waals surface area contributed by atoms with Crippen molar-refractivity contribution in [1.29, 1.82) is 0 Å².